The van der Waals surface area contributed by atoms with Gasteiger partial charge in [0.05, 0.1) is 11.6 Å². The predicted octanol–water partition coefficient (Wildman–Crippen LogP) is 3.23. The normalized spacial score (nSPS) is 10.9. The van der Waals surface area contributed by atoms with Crippen molar-refractivity contribution in [2.45, 2.75) is 30.2 Å². The zero-order chi connectivity index (χ0) is 16.9. The monoisotopic (exact) mass is 360 g/mol. The Morgan fingerprint density at radius 2 is 1.96 bits per heavy atom. The van der Waals surface area contributed by atoms with E-state index in [2.05, 4.69) is 4.98 Å². The number of hydrogen-bond donors (Lipinski definition) is 1. The molecule has 124 valence electrons. The van der Waals surface area contributed by atoms with Gasteiger partial charge in [-0.25, -0.2) is 4.79 Å². The number of thiophene rings is 1. The second-order valence-electron chi connectivity index (χ2n) is 5.09. The van der Waals surface area contributed by atoms with E-state index in [1.807, 2.05) is 47.8 Å². The summed E-state index contributed by atoms with van der Waals surface area (Å²) in [6, 6.07) is 13.6. The number of H-pyrrole nitrogens is 1. The van der Waals surface area contributed by atoms with Crippen LogP contribution in [0.3, 0.4) is 0 Å². The van der Waals surface area contributed by atoms with Crippen LogP contribution in [-0.2, 0) is 18.1 Å². The lowest BCUT2D eigenvalue weighted by Crippen LogP contribution is -2.33. The van der Waals surface area contributed by atoms with E-state index >= 15 is 0 Å². The summed E-state index contributed by atoms with van der Waals surface area (Å²) in [7, 11) is 0. The van der Waals surface area contributed by atoms with Crippen molar-refractivity contribution in [1.29, 1.82) is 0 Å². The number of nitrogens with one attached hydrogen (secondary N) is 1. The first-order valence-corrected chi connectivity index (χ1v) is 9.01. The Balaban J connectivity index is 1.87. The van der Waals surface area contributed by atoms with Crippen LogP contribution in [0.25, 0.3) is 0 Å². The molecule has 2 aromatic heterocycles. The van der Waals surface area contributed by atoms with Crippen LogP contribution in [0.2, 0.25) is 0 Å². The van der Waals surface area contributed by atoms with Crippen LogP contribution in [0.4, 0.5) is 0 Å². The highest BCUT2D eigenvalue weighted by molar-refractivity contribution is 7.99. The van der Waals surface area contributed by atoms with Crippen molar-refractivity contribution in [2.24, 2.45) is 0 Å². The smallest absolute Gasteiger partial charge is 0.331 e. The Kier molecular flexibility index (Phi) is 5.34. The van der Waals surface area contributed by atoms with Gasteiger partial charge in [0, 0.05) is 15.3 Å². The molecule has 3 rings (SSSR count). The zero-order valence-corrected chi connectivity index (χ0v) is 14.7. The lowest BCUT2D eigenvalue weighted by Gasteiger charge is -2.14. The van der Waals surface area contributed by atoms with Crippen molar-refractivity contribution in [2.75, 3.05) is 0 Å². The van der Waals surface area contributed by atoms with Crippen LogP contribution < -0.4 is 11.2 Å². The fraction of sp³-hybridized carbons (Fsp3) is 0.176. The van der Waals surface area contributed by atoms with Crippen molar-refractivity contribution >= 4 is 23.1 Å². The molecular formula is C17H16N2O3S2. The highest BCUT2D eigenvalue weighted by Gasteiger charge is 2.13. The Bertz CT molecular complexity index is 915. The zero-order valence-electron chi connectivity index (χ0n) is 13.0. The molecule has 0 aliphatic rings. The first-order valence-electron chi connectivity index (χ1n) is 7.32. The van der Waals surface area contributed by atoms with Gasteiger partial charge in [-0.1, -0.05) is 36.0 Å². The van der Waals surface area contributed by atoms with Gasteiger partial charge in [-0.3, -0.25) is 14.3 Å². The summed E-state index contributed by atoms with van der Waals surface area (Å²) in [5.41, 5.74) is -0.327. The molecule has 3 aromatic rings. The molecule has 24 heavy (non-hydrogen) atoms. The number of aromatic amines is 1. The van der Waals surface area contributed by atoms with Gasteiger partial charge in [-0.05, 0) is 30.5 Å². The first-order chi connectivity index (χ1) is 11.6. The number of ether oxygens (including phenoxy) is 1. The predicted molar refractivity (Wildman–Crippen MR) is 95.7 cm³/mol. The maximum absolute atomic E-state index is 12.2. The van der Waals surface area contributed by atoms with Crippen LogP contribution >= 0.6 is 23.1 Å². The van der Waals surface area contributed by atoms with Gasteiger partial charge >= 0.3 is 5.69 Å². The molecule has 0 spiro atoms. The number of nitrogens with zero attached hydrogens (tertiary/aromatic N) is 1. The summed E-state index contributed by atoms with van der Waals surface area (Å²) in [5, 5.41) is 2.58. The highest BCUT2D eigenvalue weighted by atomic mass is 32.2. The van der Waals surface area contributed by atoms with Crippen molar-refractivity contribution < 1.29 is 4.74 Å². The Morgan fingerprint density at radius 1 is 1.17 bits per heavy atom. The van der Waals surface area contributed by atoms with Crippen LogP contribution in [-0.4, -0.2) is 9.55 Å². The Labute approximate surface area is 146 Å². The van der Waals surface area contributed by atoms with Crippen molar-refractivity contribution in [3.8, 4) is 0 Å². The molecule has 7 heteroatoms. The highest BCUT2D eigenvalue weighted by Crippen LogP contribution is 2.27. The number of hydrogen-bond acceptors (Lipinski definition) is 5. The summed E-state index contributed by atoms with van der Waals surface area (Å²) in [5.74, 6) is 0. The summed E-state index contributed by atoms with van der Waals surface area (Å²) in [6.45, 7) is 2.22. The van der Waals surface area contributed by atoms with Crippen molar-refractivity contribution in [1.82, 2.24) is 9.55 Å². The SMILES string of the molecule is Cc1c(Sc2ccccc2)n(COCc2cccs2)c(=O)[nH]c1=O. The van der Waals surface area contributed by atoms with E-state index in [-0.39, 0.29) is 12.3 Å². The first kappa shape index (κ1) is 16.8. The molecule has 0 aliphatic heterocycles. The Morgan fingerprint density at radius 3 is 2.67 bits per heavy atom. The van der Waals surface area contributed by atoms with Gasteiger partial charge in [0.2, 0.25) is 0 Å². The standard InChI is InChI=1S/C17H16N2O3S2/c1-12-15(20)18-17(21)19(11-22-10-14-8-5-9-23-14)16(12)24-13-6-3-2-4-7-13/h2-9H,10-11H2,1H3,(H,18,20,21). The molecule has 1 aromatic carbocycles. The molecule has 0 unspecified atom stereocenters. The summed E-state index contributed by atoms with van der Waals surface area (Å²) in [4.78, 5) is 28.5. The second kappa shape index (κ2) is 7.65. The van der Waals surface area contributed by atoms with Crippen molar-refractivity contribution in [3.63, 3.8) is 0 Å². The van der Waals surface area contributed by atoms with E-state index in [4.69, 9.17) is 4.74 Å². The van der Waals surface area contributed by atoms with Crippen LogP contribution in [0.5, 0.6) is 0 Å². The number of aromatic nitrogens is 2. The topological polar surface area (TPSA) is 64.1 Å². The van der Waals surface area contributed by atoms with Crippen LogP contribution in [0, 0.1) is 6.92 Å². The number of benzene rings is 1. The van der Waals surface area contributed by atoms with E-state index in [1.54, 1.807) is 18.3 Å². The molecule has 1 N–H and O–H groups in total. The van der Waals surface area contributed by atoms with Gasteiger partial charge in [0.25, 0.3) is 5.56 Å². The van der Waals surface area contributed by atoms with Crippen molar-refractivity contribution in [3.05, 3.63) is 79.1 Å². The second-order valence-corrected chi connectivity index (χ2v) is 7.18. The van der Waals surface area contributed by atoms with Gasteiger partial charge < -0.3 is 4.74 Å². The average molecular weight is 360 g/mol. The van der Waals surface area contributed by atoms with Gasteiger partial charge in [-0.15, -0.1) is 11.3 Å². The van der Waals surface area contributed by atoms with E-state index in [0.29, 0.717) is 17.2 Å². The van der Waals surface area contributed by atoms with Gasteiger partial charge in [0.1, 0.15) is 6.73 Å². The maximum atomic E-state index is 12.2. The average Bonchev–Trinajstić information content (AvgIpc) is 3.09. The molecule has 2 heterocycles. The molecule has 5 nitrogen and oxygen atoms in total. The number of rotatable bonds is 6. The minimum absolute atomic E-state index is 0.0868. The van der Waals surface area contributed by atoms with Gasteiger partial charge in [-0.2, -0.15) is 0 Å². The third kappa shape index (κ3) is 3.87. The van der Waals surface area contributed by atoms with Crippen LogP contribution in [0.1, 0.15) is 10.4 Å². The molecule has 0 atom stereocenters. The fourth-order valence-corrected chi connectivity index (χ4v) is 3.78. The van der Waals surface area contributed by atoms with Gasteiger partial charge in [0.15, 0.2) is 0 Å². The third-order valence-corrected chi connectivity index (χ3v) is 5.45. The van der Waals surface area contributed by atoms with E-state index < -0.39 is 5.69 Å². The summed E-state index contributed by atoms with van der Waals surface area (Å²) < 4.78 is 7.12. The van der Waals surface area contributed by atoms with E-state index in [0.717, 1.165) is 9.77 Å². The van der Waals surface area contributed by atoms with E-state index in [1.165, 1.54) is 16.3 Å². The maximum Gasteiger partial charge on any atom is 0.331 e. The lowest BCUT2D eigenvalue weighted by atomic mass is 10.4. The minimum atomic E-state index is -0.463. The molecule has 0 aliphatic carbocycles. The molecule has 0 saturated heterocycles. The molecule has 0 fully saturated rings. The Hall–Kier alpha value is -2.09. The quantitative estimate of drug-likeness (QED) is 0.686. The largest absolute Gasteiger partial charge is 0.355 e. The molecule has 0 radical (unpaired) electrons. The van der Waals surface area contributed by atoms with E-state index in [9.17, 15) is 9.59 Å². The molecule has 0 saturated carbocycles. The van der Waals surface area contributed by atoms with Crippen LogP contribution in [0.15, 0.2) is 67.4 Å². The summed E-state index contributed by atoms with van der Waals surface area (Å²) in [6.07, 6.45) is 0. The minimum Gasteiger partial charge on any atom is -0.355 e. The lowest BCUT2D eigenvalue weighted by molar-refractivity contribution is 0.0567. The third-order valence-electron chi connectivity index (χ3n) is 3.37. The molecule has 0 bridgehead atoms. The molecular weight excluding hydrogens is 344 g/mol. The molecule has 0 amide bonds. The summed E-state index contributed by atoms with van der Waals surface area (Å²) >= 11 is 2.98. The fourth-order valence-electron chi connectivity index (χ4n) is 2.13.